The number of nitrogens with one attached hydrogen (secondary N) is 1. The maximum atomic E-state index is 9.45. The fraction of sp³-hybridized carbons (Fsp3) is 0.583. The molecule has 1 atom stereocenters. The highest BCUT2D eigenvalue weighted by Crippen LogP contribution is 2.17. The van der Waals surface area contributed by atoms with Crippen molar-refractivity contribution in [1.29, 1.82) is 0 Å². The molecule has 0 aromatic carbocycles. The number of aliphatic hydroxyl groups is 1. The largest absolute Gasteiger partial charge is 0.394 e. The molecule has 0 amide bonds. The van der Waals surface area contributed by atoms with E-state index in [4.69, 9.17) is 0 Å². The molecule has 15 heavy (non-hydrogen) atoms. The van der Waals surface area contributed by atoms with Crippen LogP contribution in [0.4, 0.5) is 0 Å². The lowest BCUT2D eigenvalue weighted by Crippen LogP contribution is -2.45. The van der Waals surface area contributed by atoms with Crippen molar-refractivity contribution in [1.82, 2.24) is 10.3 Å². The van der Waals surface area contributed by atoms with Gasteiger partial charge >= 0.3 is 0 Å². The third-order valence-corrected chi connectivity index (χ3v) is 2.45. The molecule has 2 N–H and O–H groups in total. The molecule has 0 aliphatic carbocycles. The highest BCUT2D eigenvalue weighted by molar-refractivity contribution is 5.14. The third-order valence-electron chi connectivity index (χ3n) is 2.45. The van der Waals surface area contributed by atoms with E-state index in [-0.39, 0.29) is 6.61 Å². The molecule has 1 aromatic heterocycles. The first-order valence-corrected chi connectivity index (χ1v) is 5.36. The number of aliphatic hydroxyl groups excluding tert-OH is 1. The number of nitrogens with zero attached hydrogens (tertiary/aromatic N) is 1. The van der Waals surface area contributed by atoms with Crippen LogP contribution in [0.5, 0.6) is 0 Å². The Bertz CT molecular complexity index is 287. The monoisotopic (exact) mass is 208 g/mol. The predicted octanol–water partition coefficient (Wildman–Crippen LogP) is 1.53. The van der Waals surface area contributed by atoms with Crippen LogP contribution in [0.2, 0.25) is 0 Å². The van der Waals surface area contributed by atoms with E-state index in [1.807, 2.05) is 25.1 Å². The maximum Gasteiger partial charge on any atom is 0.0814 e. The van der Waals surface area contributed by atoms with Crippen molar-refractivity contribution in [2.75, 3.05) is 13.2 Å². The van der Waals surface area contributed by atoms with E-state index in [0.717, 1.165) is 12.2 Å². The van der Waals surface area contributed by atoms with Gasteiger partial charge in [0.2, 0.25) is 0 Å². The highest BCUT2D eigenvalue weighted by atomic mass is 16.3. The molecule has 1 rings (SSSR count). The molecule has 0 bridgehead atoms. The molecule has 3 heteroatoms. The van der Waals surface area contributed by atoms with E-state index in [2.05, 4.69) is 24.1 Å². The van der Waals surface area contributed by atoms with Crippen molar-refractivity contribution in [2.24, 2.45) is 5.92 Å². The molecule has 0 fully saturated rings. The lowest BCUT2D eigenvalue weighted by atomic mass is 9.97. The van der Waals surface area contributed by atoms with Crippen LogP contribution in [0.15, 0.2) is 24.4 Å². The minimum Gasteiger partial charge on any atom is -0.394 e. The van der Waals surface area contributed by atoms with Crippen molar-refractivity contribution in [3.63, 3.8) is 0 Å². The van der Waals surface area contributed by atoms with Crippen LogP contribution >= 0.6 is 0 Å². The fourth-order valence-corrected chi connectivity index (χ4v) is 1.35. The third kappa shape index (κ3) is 3.29. The van der Waals surface area contributed by atoms with Crippen LogP contribution in [-0.2, 0) is 5.54 Å². The van der Waals surface area contributed by atoms with Crippen LogP contribution in [0, 0.1) is 5.92 Å². The number of rotatable bonds is 5. The molecule has 0 aliphatic rings. The summed E-state index contributed by atoms with van der Waals surface area (Å²) in [5.74, 6) is 0.555. The fourth-order valence-electron chi connectivity index (χ4n) is 1.35. The Labute approximate surface area is 91.5 Å². The van der Waals surface area contributed by atoms with Gasteiger partial charge in [-0.3, -0.25) is 4.98 Å². The summed E-state index contributed by atoms with van der Waals surface area (Å²) in [4.78, 5) is 4.28. The summed E-state index contributed by atoms with van der Waals surface area (Å²) in [6.07, 6.45) is 1.75. The van der Waals surface area contributed by atoms with Gasteiger partial charge in [0.1, 0.15) is 0 Å². The van der Waals surface area contributed by atoms with Crippen LogP contribution < -0.4 is 5.32 Å². The summed E-state index contributed by atoms with van der Waals surface area (Å²) in [5.41, 5.74) is 0.444. The Morgan fingerprint density at radius 3 is 2.67 bits per heavy atom. The molecule has 3 nitrogen and oxygen atoms in total. The quantitative estimate of drug-likeness (QED) is 0.771. The van der Waals surface area contributed by atoms with Crippen LogP contribution in [-0.4, -0.2) is 23.2 Å². The second-order valence-corrected chi connectivity index (χ2v) is 4.48. The van der Waals surface area contributed by atoms with Crippen LogP contribution in [0.3, 0.4) is 0 Å². The predicted molar refractivity (Wildman–Crippen MR) is 61.5 cm³/mol. The molecule has 0 spiro atoms. The van der Waals surface area contributed by atoms with Gasteiger partial charge in [-0.15, -0.1) is 0 Å². The van der Waals surface area contributed by atoms with Crippen molar-refractivity contribution < 1.29 is 5.11 Å². The molecular formula is C12H20N2O. The number of aromatic nitrogens is 1. The Kier molecular flexibility index (Phi) is 4.24. The van der Waals surface area contributed by atoms with E-state index in [0.29, 0.717) is 5.92 Å². The van der Waals surface area contributed by atoms with Gasteiger partial charge in [0, 0.05) is 6.20 Å². The summed E-state index contributed by atoms with van der Waals surface area (Å²) < 4.78 is 0. The van der Waals surface area contributed by atoms with Crippen molar-refractivity contribution >= 4 is 0 Å². The zero-order chi connectivity index (χ0) is 11.3. The summed E-state index contributed by atoms with van der Waals surface area (Å²) >= 11 is 0. The van der Waals surface area contributed by atoms with Gasteiger partial charge in [-0.25, -0.2) is 0 Å². The molecule has 84 valence electrons. The first-order valence-electron chi connectivity index (χ1n) is 5.36. The van der Waals surface area contributed by atoms with Gasteiger partial charge in [0.15, 0.2) is 0 Å². The standard InChI is InChI=1S/C12H20N2O/c1-10(2)8-14-12(3,9-15)11-6-4-5-7-13-11/h4-7,10,14-15H,8-9H2,1-3H3. The second kappa shape index (κ2) is 5.24. The lowest BCUT2D eigenvalue weighted by molar-refractivity contribution is 0.167. The molecule has 0 saturated heterocycles. The van der Waals surface area contributed by atoms with Gasteiger partial charge in [-0.2, -0.15) is 0 Å². The highest BCUT2D eigenvalue weighted by Gasteiger charge is 2.26. The average molecular weight is 208 g/mol. The van der Waals surface area contributed by atoms with E-state index in [1.54, 1.807) is 6.20 Å². The molecule has 0 saturated carbocycles. The van der Waals surface area contributed by atoms with Gasteiger partial charge in [-0.1, -0.05) is 19.9 Å². The van der Waals surface area contributed by atoms with Crippen molar-refractivity contribution in [3.8, 4) is 0 Å². The molecule has 1 heterocycles. The molecule has 0 aliphatic heterocycles. The molecule has 0 radical (unpaired) electrons. The second-order valence-electron chi connectivity index (χ2n) is 4.48. The number of hydrogen-bond acceptors (Lipinski definition) is 3. The zero-order valence-corrected chi connectivity index (χ0v) is 9.70. The topological polar surface area (TPSA) is 45.1 Å². The van der Waals surface area contributed by atoms with E-state index < -0.39 is 5.54 Å². The van der Waals surface area contributed by atoms with E-state index in [9.17, 15) is 5.11 Å². The molecule has 1 aromatic rings. The van der Waals surface area contributed by atoms with Gasteiger partial charge < -0.3 is 10.4 Å². The Morgan fingerprint density at radius 1 is 1.47 bits per heavy atom. The zero-order valence-electron chi connectivity index (χ0n) is 9.70. The minimum absolute atomic E-state index is 0.0523. The average Bonchev–Trinajstić information content (AvgIpc) is 2.27. The van der Waals surface area contributed by atoms with Crippen LogP contribution in [0.1, 0.15) is 26.5 Å². The summed E-state index contributed by atoms with van der Waals surface area (Å²) in [7, 11) is 0. The smallest absolute Gasteiger partial charge is 0.0814 e. The summed E-state index contributed by atoms with van der Waals surface area (Å²) in [6, 6.07) is 5.75. The Balaban J connectivity index is 2.76. The van der Waals surface area contributed by atoms with E-state index >= 15 is 0 Å². The summed E-state index contributed by atoms with van der Waals surface area (Å²) in [6.45, 7) is 7.18. The van der Waals surface area contributed by atoms with Gasteiger partial charge in [0.05, 0.1) is 17.8 Å². The normalized spacial score (nSPS) is 15.3. The van der Waals surface area contributed by atoms with Crippen molar-refractivity contribution in [2.45, 2.75) is 26.3 Å². The van der Waals surface area contributed by atoms with Crippen molar-refractivity contribution in [3.05, 3.63) is 30.1 Å². The Hall–Kier alpha value is -0.930. The minimum atomic E-state index is -0.439. The first kappa shape index (κ1) is 12.1. The number of hydrogen-bond donors (Lipinski definition) is 2. The number of pyridine rings is 1. The molecular weight excluding hydrogens is 188 g/mol. The summed E-state index contributed by atoms with van der Waals surface area (Å²) in [5, 5.41) is 12.8. The lowest BCUT2D eigenvalue weighted by Gasteiger charge is -2.29. The maximum absolute atomic E-state index is 9.45. The van der Waals surface area contributed by atoms with E-state index in [1.165, 1.54) is 0 Å². The Morgan fingerprint density at radius 2 is 2.20 bits per heavy atom. The first-order chi connectivity index (χ1) is 7.08. The van der Waals surface area contributed by atoms with Crippen LogP contribution in [0.25, 0.3) is 0 Å². The SMILES string of the molecule is CC(C)CNC(C)(CO)c1ccccn1. The van der Waals surface area contributed by atoms with Gasteiger partial charge in [0.25, 0.3) is 0 Å². The molecule has 1 unspecified atom stereocenters. The van der Waals surface area contributed by atoms with Gasteiger partial charge in [-0.05, 0) is 31.5 Å².